The molecule has 1 aromatic rings. The van der Waals surface area contributed by atoms with Crippen LogP contribution in [0.4, 0.5) is 18.9 Å². The number of carbonyl (C=O) groups is 1. The molecule has 1 unspecified atom stereocenters. The molecule has 0 bridgehead atoms. The first-order valence-electron chi connectivity index (χ1n) is 6.43. The van der Waals surface area contributed by atoms with Gasteiger partial charge in [0.1, 0.15) is 5.92 Å². The molecular formula is C14H19F3N2O. The molecule has 0 aliphatic rings. The summed E-state index contributed by atoms with van der Waals surface area (Å²) >= 11 is 0. The summed E-state index contributed by atoms with van der Waals surface area (Å²) in [5.41, 5.74) is 1.03. The number of halogens is 3. The van der Waals surface area contributed by atoms with E-state index in [0.29, 0.717) is 13.0 Å². The van der Waals surface area contributed by atoms with E-state index in [0.717, 1.165) is 12.6 Å². The van der Waals surface area contributed by atoms with E-state index in [9.17, 15) is 18.0 Å². The maximum atomic E-state index is 12.3. The summed E-state index contributed by atoms with van der Waals surface area (Å²) in [5, 5.41) is 2.31. The van der Waals surface area contributed by atoms with Gasteiger partial charge in [-0.25, -0.2) is 0 Å². The van der Waals surface area contributed by atoms with Crippen molar-refractivity contribution in [3.8, 4) is 0 Å². The summed E-state index contributed by atoms with van der Waals surface area (Å²) in [4.78, 5) is 13.2. The van der Waals surface area contributed by atoms with Crippen LogP contribution in [-0.2, 0) is 4.79 Å². The molecule has 0 saturated heterocycles. The Morgan fingerprint density at radius 2 is 1.90 bits per heavy atom. The normalized spacial score (nSPS) is 12.8. The molecule has 0 radical (unpaired) electrons. The zero-order chi connectivity index (χ0) is 15.2. The van der Waals surface area contributed by atoms with E-state index in [4.69, 9.17) is 0 Å². The van der Waals surface area contributed by atoms with Crippen LogP contribution < -0.4 is 10.2 Å². The van der Waals surface area contributed by atoms with Crippen LogP contribution in [0.5, 0.6) is 0 Å². The van der Waals surface area contributed by atoms with E-state index in [1.54, 1.807) is 0 Å². The number of hydrogen-bond acceptors (Lipinski definition) is 2. The Morgan fingerprint density at radius 3 is 2.45 bits per heavy atom. The number of carbonyl (C=O) groups excluding carboxylic acids is 1. The van der Waals surface area contributed by atoms with Gasteiger partial charge in [-0.1, -0.05) is 18.2 Å². The topological polar surface area (TPSA) is 32.3 Å². The van der Waals surface area contributed by atoms with E-state index in [2.05, 4.69) is 5.32 Å². The predicted octanol–water partition coefficient (Wildman–Crippen LogP) is 2.83. The Morgan fingerprint density at radius 1 is 1.30 bits per heavy atom. The number of amides is 1. The van der Waals surface area contributed by atoms with Gasteiger partial charge in [-0.3, -0.25) is 4.79 Å². The van der Waals surface area contributed by atoms with E-state index in [1.807, 2.05) is 42.3 Å². The molecule has 0 aromatic heterocycles. The van der Waals surface area contributed by atoms with Crippen LogP contribution in [0.25, 0.3) is 0 Å². The Hall–Kier alpha value is -1.72. The molecule has 1 rings (SSSR count). The molecule has 1 N–H and O–H groups in total. The first kappa shape index (κ1) is 16.3. The lowest BCUT2D eigenvalue weighted by atomic mass is 10.1. The van der Waals surface area contributed by atoms with E-state index in [-0.39, 0.29) is 6.54 Å². The molecule has 0 heterocycles. The van der Waals surface area contributed by atoms with Gasteiger partial charge in [-0.15, -0.1) is 0 Å². The molecule has 6 heteroatoms. The lowest BCUT2D eigenvalue weighted by Gasteiger charge is -2.20. The maximum absolute atomic E-state index is 12.3. The van der Waals surface area contributed by atoms with Gasteiger partial charge in [0.15, 0.2) is 0 Å². The number of benzene rings is 1. The lowest BCUT2D eigenvalue weighted by molar-refractivity contribution is -0.178. The summed E-state index contributed by atoms with van der Waals surface area (Å²) in [5.74, 6) is -2.94. The van der Waals surface area contributed by atoms with Gasteiger partial charge in [-0.2, -0.15) is 13.2 Å². The van der Waals surface area contributed by atoms with Crippen LogP contribution in [0, 0.1) is 5.92 Å². The molecule has 20 heavy (non-hydrogen) atoms. The van der Waals surface area contributed by atoms with Crippen LogP contribution >= 0.6 is 0 Å². The first-order valence-corrected chi connectivity index (χ1v) is 6.43. The molecule has 0 aliphatic heterocycles. The van der Waals surface area contributed by atoms with Crippen molar-refractivity contribution in [2.24, 2.45) is 5.92 Å². The minimum Gasteiger partial charge on any atom is -0.375 e. The largest absolute Gasteiger partial charge is 0.400 e. The van der Waals surface area contributed by atoms with Crippen LogP contribution in [0.1, 0.15) is 13.3 Å². The van der Waals surface area contributed by atoms with Crippen molar-refractivity contribution in [1.82, 2.24) is 5.32 Å². The zero-order valence-electron chi connectivity index (χ0n) is 11.6. The van der Waals surface area contributed by atoms with Crippen LogP contribution in [0.15, 0.2) is 30.3 Å². The highest BCUT2D eigenvalue weighted by atomic mass is 19.4. The number of para-hydroxylation sites is 1. The second-order valence-corrected chi connectivity index (χ2v) is 4.66. The summed E-state index contributed by atoms with van der Waals surface area (Å²) in [6.45, 7) is 1.76. The SMILES string of the molecule is CC(C(=O)NCCCN(C)c1ccccc1)C(F)(F)F. The van der Waals surface area contributed by atoms with Crippen molar-refractivity contribution in [2.45, 2.75) is 19.5 Å². The summed E-state index contributed by atoms with van der Waals surface area (Å²) < 4.78 is 36.9. The van der Waals surface area contributed by atoms with E-state index >= 15 is 0 Å². The third-order valence-corrected chi connectivity index (χ3v) is 3.05. The van der Waals surface area contributed by atoms with E-state index < -0.39 is 18.0 Å². The fraction of sp³-hybridized carbons (Fsp3) is 0.500. The minimum absolute atomic E-state index is 0.233. The van der Waals surface area contributed by atoms with Gasteiger partial charge in [0.2, 0.25) is 5.91 Å². The molecule has 0 spiro atoms. The monoisotopic (exact) mass is 288 g/mol. The summed E-state index contributed by atoms with van der Waals surface area (Å²) in [7, 11) is 1.90. The Labute approximate surface area is 116 Å². The molecular weight excluding hydrogens is 269 g/mol. The third-order valence-electron chi connectivity index (χ3n) is 3.05. The van der Waals surface area contributed by atoms with Crippen LogP contribution in [0.2, 0.25) is 0 Å². The molecule has 1 amide bonds. The van der Waals surface area contributed by atoms with Crippen LogP contribution in [-0.4, -0.2) is 32.2 Å². The predicted molar refractivity (Wildman–Crippen MR) is 72.6 cm³/mol. The van der Waals surface area contributed by atoms with Gasteiger partial charge in [0.25, 0.3) is 0 Å². The Balaban J connectivity index is 2.27. The molecule has 1 aromatic carbocycles. The average molecular weight is 288 g/mol. The molecule has 3 nitrogen and oxygen atoms in total. The quantitative estimate of drug-likeness (QED) is 0.816. The van der Waals surface area contributed by atoms with Crippen molar-refractivity contribution in [2.75, 3.05) is 25.0 Å². The van der Waals surface area contributed by atoms with E-state index in [1.165, 1.54) is 0 Å². The second kappa shape index (κ2) is 7.17. The van der Waals surface area contributed by atoms with Gasteiger partial charge in [-0.05, 0) is 25.5 Å². The zero-order valence-corrected chi connectivity index (χ0v) is 11.6. The highest BCUT2D eigenvalue weighted by Crippen LogP contribution is 2.25. The van der Waals surface area contributed by atoms with Crippen molar-refractivity contribution >= 4 is 11.6 Å². The van der Waals surface area contributed by atoms with Crippen molar-refractivity contribution in [3.63, 3.8) is 0 Å². The Bertz CT molecular complexity index is 420. The molecule has 112 valence electrons. The smallest absolute Gasteiger partial charge is 0.375 e. The first-order chi connectivity index (χ1) is 9.32. The average Bonchev–Trinajstić information content (AvgIpc) is 2.42. The number of anilines is 1. The molecule has 0 fully saturated rings. The number of hydrogen-bond donors (Lipinski definition) is 1. The second-order valence-electron chi connectivity index (χ2n) is 4.66. The maximum Gasteiger partial charge on any atom is 0.400 e. The standard InChI is InChI=1S/C14H19F3N2O/c1-11(14(15,16)17)13(20)18-9-6-10-19(2)12-7-4-3-5-8-12/h3-5,7-8,11H,6,9-10H2,1-2H3,(H,18,20). The fourth-order valence-corrected chi connectivity index (χ4v) is 1.64. The Kier molecular flexibility index (Phi) is 5.85. The summed E-state index contributed by atoms with van der Waals surface area (Å²) in [6.07, 6.45) is -3.90. The number of rotatable bonds is 6. The van der Waals surface area contributed by atoms with Gasteiger partial charge >= 0.3 is 6.18 Å². The minimum atomic E-state index is -4.48. The lowest BCUT2D eigenvalue weighted by Crippen LogP contribution is -2.38. The van der Waals surface area contributed by atoms with Crippen molar-refractivity contribution < 1.29 is 18.0 Å². The fourth-order valence-electron chi connectivity index (χ4n) is 1.64. The third kappa shape index (κ3) is 5.11. The van der Waals surface area contributed by atoms with Crippen molar-refractivity contribution in [1.29, 1.82) is 0 Å². The van der Waals surface area contributed by atoms with Crippen molar-refractivity contribution in [3.05, 3.63) is 30.3 Å². The molecule has 1 atom stereocenters. The van der Waals surface area contributed by atoms with Gasteiger partial charge < -0.3 is 10.2 Å². The number of nitrogens with zero attached hydrogens (tertiary/aromatic N) is 1. The summed E-state index contributed by atoms with van der Waals surface area (Å²) in [6, 6.07) is 9.64. The molecule has 0 aliphatic carbocycles. The highest BCUT2D eigenvalue weighted by Gasteiger charge is 2.40. The number of alkyl halides is 3. The molecule has 0 saturated carbocycles. The van der Waals surface area contributed by atoms with Gasteiger partial charge in [0.05, 0.1) is 0 Å². The van der Waals surface area contributed by atoms with Crippen LogP contribution in [0.3, 0.4) is 0 Å². The van der Waals surface area contributed by atoms with Gasteiger partial charge in [0, 0.05) is 25.8 Å². The number of nitrogens with one attached hydrogen (secondary N) is 1. The highest BCUT2D eigenvalue weighted by molar-refractivity contribution is 5.78.